The van der Waals surface area contributed by atoms with Crippen molar-refractivity contribution in [2.45, 2.75) is 0 Å². The van der Waals surface area contributed by atoms with Crippen LogP contribution >= 0.6 is 0 Å². The Morgan fingerprint density at radius 2 is 0.875 bits per heavy atom. The Balaban J connectivity index is 1.19. The molecular weight excluding hydrogens is 676 g/mol. The van der Waals surface area contributed by atoms with Gasteiger partial charge in [0, 0.05) is 24.5 Å². The number of carbonyl (C=O) groups excluding carboxylic acids is 6. The van der Waals surface area contributed by atoms with Crippen molar-refractivity contribution >= 4 is 67.0 Å². The van der Waals surface area contributed by atoms with E-state index in [-0.39, 0.29) is 61.8 Å². The van der Waals surface area contributed by atoms with Crippen molar-refractivity contribution in [2.24, 2.45) is 0 Å². The number of nitrogens with one attached hydrogen (secondary N) is 2. The van der Waals surface area contributed by atoms with Crippen molar-refractivity contribution in [1.29, 1.82) is 0 Å². The first kappa shape index (κ1) is 35.9. The van der Waals surface area contributed by atoms with Gasteiger partial charge in [-0.3, -0.25) is 38.4 Å². The van der Waals surface area contributed by atoms with Crippen molar-refractivity contribution in [3.63, 3.8) is 0 Å². The number of esters is 2. The SMILES string of the molecule is CS(=O)(=O)Nc1ccc(C(=O)OCN2C(=O)CN(CCN3CC(=O)N(COC(=O)c4ccc(NS(C)(=O)=O)cc4)C(=O)C3)CC2=O)cc1. The molecule has 4 rings (SSSR count). The van der Waals surface area contributed by atoms with Crippen molar-refractivity contribution in [3.8, 4) is 0 Å². The molecule has 0 aliphatic carbocycles. The Hall–Kier alpha value is -4.92. The van der Waals surface area contributed by atoms with Gasteiger partial charge in [-0.1, -0.05) is 0 Å². The smallest absolute Gasteiger partial charge is 0.339 e. The third kappa shape index (κ3) is 10.3. The third-order valence-corrected chi connectivity index (χ3v) is 8.08. The molecule has 258 valence electrons. The molecule has 0 aromatic heterocycles. The number of imide groups is 2. The highest BCUT2D eigenvalue weighted by molar-refractivity contribution is 7.92. The van der Waals surface area contributed by atoms with Gasteiger partial charge in [-0.2, -0.15) is 0 Å². The van der Waals surface area contributed by atoms with Gasteiger partial charge in [0.25, 0.3) is 0 Å². The molecule has 2 aromatic rings. The van der Waals surface area contributed by atoms with Crippen LogP contribution in [-0.2, 0) is 48.7 Å². The maximum absolute atomic E-state index is 12.7. The highest BCUT2D eigenvalue weighted by Gasteiger charge is 2.34. The van der Waals surface area contributed by atoms with Crippen molar-refractivity contribution in [2.75, 3.05) is 74.7 Å². The Kier molecular flexibility index (Phi) is 11.1. The molecule has 0 saturated carbocycles. The number of benzene rings is 2. The molecule has 18 nitrogen and oxygen atoms in total. The van der Waals surface area contributed by atoms with Crippen molar-refractivity contribution in [1.82, 2.24) is 19.6 Å². The molecule has 2 aliphatic heterocycles. The molecule has 4 amide bonds. The van der Waals surface area contributed by atoms with Crippen LogP contribution in [0, 0.1) is 0 Å². The fourth-order valence-corrected chi connectivity index (χ4v) is 5.70. The summed E-state index contributed by atoms with van der Waals surface area (Å²) in [7, 11) is -7.00. The maximum Gasteiger partial charge on any atom is 0.339 e. The van der Waals surface area contributed by atoms with Crippen LogP contribution in [-0.4, -0.2) is 137 Å². The number of hydrogen-bond donors (Lipinski definition) is 2. The second kappa shape index (κ2) is 14.9. The summed E-state index contributed by atoms with van der Waals surface area (Å²) in [6, 6.07) is 10.7. The lowest BCUT2D eigenvalue weighted by molar-refractivity contribution is -0.159. The van der Waals surface area contributed by atoms with Gasteiger partial charge < -0.3 is 9.47 Å². The predicted octanol–water partition coefficient (Wildman–Crippen LogP) is -1.30. The summed E-state index contributed by atoms with van der Waals surface area (Å²) in [5.74, 6) is -4.13. The van der Waals surface area contributed by atoms with Crippen LogP contribution in [0.5, 0.6) is 0 Å². The Morgan fingerprint density at radius 3 is 1.15 bits per heavy atom. The molecule has 0 spiro atoms. The quantitative estimate of drug-likeness (QED) is 0.182. The molecule has 2 fully saturated rings. The highest BCUT2D eigenvalue weighted by atomic mass is 32.2. The fraction of sp³-hybridized carbons (Fsp3) is 0.357. The van der Waals surface area contributed by atoms with Crippen LogP contribution in [0.15, 0.2) is 48.5 Å². The second-order valence-corrected chi connectivity index (χ2v) is 14.4. The van der Waals surface area contributed by atoms with E-state index in [0.29, 0.717) is 0 Å². The number of rotatable bonds is 13. The fourth-order valence-electron chi connectivity index (χ4n) is 4.57. The van der Waals surface area contributed by atoms with Gasteiger partial charge in [0.1, 0.15) is 0 Å². The Morgan fingerprint density at radius 1 is 0.583 bits per heavy atom. The van der Waals surface area contributed by atoms with E-state index in [4.69, 9.17) is 9.47 Å². The van der Waals surface area contributed by atoms with E-state index < -0.39 is 69.1 Å². The van der Waals surface area contributed by atoms with Gasteiger partial charge in [0.05, 0.1) is 49.8 Å². The number of ether oxygens (including phenoxy) is 2. The van der Waals surface area contributed by atoms with Crippen LogP contribution in [0.3, 0.4) is 0 Å². The average molecular weight is 709 g/mol. The number of nitrogens with zero attached hydrogens (tertiary/aromatic N) is 4. The van der Waals surface area contributed by atoms with E-state index >= 15 is 0 Å². The van der Waals surface area contributed by atoms with Gasteiger partial charge in [-0.25, -0.2) is 36.2 Å². The molecule has 2 aliphatic rings. The molecule has 2 saturated heterocycles. The zero-order valence-electron chi connectivity index (χ0n) is 25.8. The van der Waals surface area contributed by atoms with E-state index in [1.807, 2.05) is 0 Å². The highest BCUT2D eigenvalue weighted by Crippen LogP contribution is 2.15. The lowest BCUT2D eigenvalue weighted by Gasteiger charge is -2.35. The minimum atomic E-state index is -3.50. The molecular formula is C28H32N6O12S2. The van der Waals surface area contributed by atoms with E-state index in [2.05, 4.69) is 9.44 Å². The number of hydrogen-bond acceptors (Lipinski definition) is 14. The molecule has 0 unspecified atom stereocenters. The molecule has 2 heterocycles. The number of piperazine rings is 2. The average Bonchev–Trinajstić information content (AvgIpc) is 2.98. The summed E-state index contributed by atoms with van der Waals surface area (Å²) in [6.45, 7) is -1.63. The predicted molar refractivity (Wildman–Crippen MR) is 167 cm³/mol. The summed E-state index contributed by atoms with van der Waals surface area (Å²) < 4.78 is 60.0. The van der Waals surface area contributed by atoms with Crippen LogP contribution in [0.4, 0.5) is 11.4 Å². The zero-order valence-corrected chi connectivity index (χ0v) is 27.4. The standard InChI is InChI=1S/C28H32N6O12S2/c1-47(41,42)29-21-7-3-19(4-8-21)27(39)45-17-33-23(35)13-31(14-24(33)36)11-12-32-15-25(37)34(26(38)16-32)18-46-28(40)20-5-9-22(10-6-20)30-48(2,43)44/h3-10,29-30H,11-18H2,1-2H3. The molecule has 2 aromatic carbocycles. The zero-order chi connectivity index (χ0) is 35.2. The summed E-state index contributed by atoms with van der Waals surface area (Å²) >= 11 is 0. The van der Waals surface area contributed by atoms with Crippen LogP contribution in [0.2, 0.25) is 0 Å². The Labute approximate surface area is 275 Å². The summed E-state index contributed by atoms with van der Waals surface area (Å²) in [4.78, 5) is 80.0. The number of sulfonamides is 2. The molecule has 0 radical (unpaired) electrons. The monoisotopic (exact) mass is 708 g/mol. The topological polar surface area (TPSA) is 226 Å². The van der Waals surface area contributed by atoms with Crippen LogP contribution in [0.1, 0.15) is 20.7 Å². The largest absolute Gasteiger partial charge is 0.440 e. The first-order valence-electron chi connectivity index (χ1n) is 14.1. The Bertz CT molecular complexity index is 1650. The first-order chi connectivity index (χ1) is 22.5. The van der Waals surface area contributed by atoms with E-state index in [9.17, 15) is 45.6 Å². The van der Waals surface area contributed by atoms with Crippen molar-refractivity contribution < 1.29 is 55.1 Å². The van der Waals surface area contributed by atoms with Crippen LogP contribution < -0.4 is 9.44 Å². The van der Waals surface area contributed by atoms with Gasteiger partial charge in [0.2, 0.25) is 43.7 Å². The minimum Gasteiger partial charge on any atom is -0.440 e. The summed E-state index contributed by atoms with van der Waals surface area (Å²) in [5, 5.41) is 0. The van der Waals surface area contributed by atoms with E-state index in [1.54, 1.807) is 0 Å². The van der Waals surface area contributed by atoms with E-state index in [1.165, 1.54) is 58.3 Å². The van der Waals surface area contributed by atoms with Gasteiger partial charge in [0.15, 0.2) is 13.5 Å². The molecule has 20 heteroatoms. The normalized spacial score (nSPS) is 16.5. The number of amides is 4. The van der Waals surface area contributed by atoms with Crippen molar-refractivity contribution in [3.05, 3.63) is 59.7 Å². The molecule has 0 bridgehead atoms. The van der Waals surface area contributed by atoms with Gasteiger partial charge in [-0.15, -0.1) is 0 Å². The summed E-state index contributed by atoms with van der Waals surface area (Å²) in [5.41, 5.74) is 0.621. The van der Waals surface area contributed by atoms with E-state index in [0.717, 1.165) is 22.3 Å². The third-order valence-electron chi connectivity index (χ3n) is 6.87. The second-order valence-electron chi connectivity index (χ2n) is 10.9. The molecule has 2 N–H and O–H groups in total. The minimum absolute atomic E-state index is 0.0750. The number of anilines is 2. The summed E-state index contributed by atoms with van der Waals surface area (Å²) in [6.07, 6.45) is 1.96. The van der Waals surface area contributed by atoms with Crippen LogP contribution in [0.25, 0.3) is 0 Å². The van der Waals surface area contributed by atoms with Gasteiger partial charge in [-0.05, 0) is 48.5 Å². The lowest BCUT2D eigenvalue weighted by Crippen LogP contribution is -2.58. The lowest BCUT2D eigenvalue weighted by atomic mass is 10.2. The first-order valence-corrected chi connectivity index (χ1v) is 17.9. The van der Waals surface area contributed by atoms with Gasteiger partial charge >= 0.3 is 11.9 Å². The maximum atomic E-state index is 12.7. The molecule has 0 atom stereocenters. The number of carbonyl (C=O) groups is 6. The molecule has 48 heavy (non-hydrogen) atoms.